The zero-order valence-electron chi connectivity index (χ0n) is 13.6. The zero-order valence-corrected chi connectivity index (χ0v) is 13.6. The molecule has 1 fully saturated rings. The van der Waals surface area contributed by atoms with Gasteiger partial charge in [-0.05, 0) is 12.1 Å². The molecule has 1 saturated heterocycles. The fourth-order valence-electron chi connectivity index (χ4n) is 2.94. The summed E-state index contributed by atoms with van der Waals surface area (Å²) in [5.41, 5.74) is 1.90. The van der Waals surface area contributed by atoms with Crippen LogP contribution in [0.25, 0.3) is 11.3 Å². The van der Waals surface area contributed by atoms with Crippen LogP contribution >= 0.6 is 0 Å². The lowest BCUT2D eigenvalue weighted by molar-refractivity contribution is 0.580. The third-order valence-electron chi connectivity index (χ3n) is 4.27. The predicted molar refractivity (Wildman–Crippen MR) is 93.9 cm³/mol. The highest BCUT2D eigenvalue weighted by atomic mass is 19.1. The summed E-state index contributed by atoms with van der Waals surface area (Å²) >= 11 is 0. The van der Waals surface area contributed by atoms with Crippen LogP contribution in [0.4, 0.5) is 16.0 Å². The lowest BCUT2D eigenvalue weighted by Gasteiger charge is -2.35. The molecule has 7 heteroatoms. The summed E-state index contributed by atoms with van der Waals surface area (Å²) < 4.78 is 13.8. The van der Waals surface area contributed by atoms with Crippen molar-refractivity contribution in [1.29, 1.82) is 0 Å². The summed E-state index contributed by atoms with van der Waals surface area (Å²) in [4.78, 5) is 11.8. The maximum Gasteiger partial charge on any atom is 0.183 e. The Morgan fingerprint density at radius 1 is 0.840 bits per heavy atom. The van der Waals surface area contributed by atoms with Gasteiger partial charge in [-0.25, -0.2) is 14.4 Å². The van der Waals surface area contributed by atoms with Gasteiger partial charge in [0.15, 0.2) is 17.5 Å². The minimum Gasteiger partial charge on any atom is -0.352 e. The quantitative estimate of drug-likeness (QED) is 0.732. The summed E-state index contributed by atoms with van der Waals surface area (Å²) in [6.07, 6.45) is 2.57. The standard InChI is InChI=1S/C18H17FN6/c19-15-12-20-13-21-18(15)25-10-8-24(9-11-25)17-7-6-16(22-23-17)14-4-2-1-3-5-14/h1-7,12-13H,8-11H2. The Kier molecular flexibility index (Phi) is 4.20. The lowest BCUT2D eigenvalue weighted by Crippen LogP contribution is -2.47. The first-order valence-corrected chi connectivity index (χ1v) is 8.16. The highest BCUT2D eigenvalue weighted by Gasteiger charge is 2.21. The van der Waals surface area contributed by atoms with Gasteiger partial charge in [-0.15, -0.1) is 10.2 Å². The van der Waals surface area contributed by atoms with Crippen molar-refractivity contribution in [3.05, 3.63) is 60.8 Å². The zero-order chi connectivity index (χ0) is 17.1. The van der Waals surface area contributed by atoms with Gasteiger partial charge in [0.1, 0.15) is 6.33 Å². The third-order valence-corrected chi connectivity index (χ3v) is 4.27. The first-order chi connectivity index (χ1) is 12.3. The fraction of sp³-hybridized carbons (Fsp3) is 0.222. The van der Waals surface area contributed by atoms with Gasteiger partial charge in [-0.2, -0.15) is 0 Å². The minimum atomic E-state index is -0.386. The van der Waals surface area contributed by atoms with Gasteiger partial charge in [0.05, 0.1) is 11.9 Å². The molecule has 3 heterocycles. The molecule has 1 aliphatic heterocycles. The number of aromatic nitrogens is 4. The molecular weight excluding hydrogens is 319 g/mol. The molecule has 25 heavy (non-hydrogen) atoms. The maximum atomic E-state index is 13.8. The molecule has 0 amide bonds. The van der Waals surface area contributed by atoms with Crippen molar-refractivity contribution in [3.63, 3.8) is 0 Å². The molecular formula is C18H17FN6. The van der Waals surface area contributed by atoms with Crippen LogP contribution in [-0.2, 0) is 0 Å². The van der Waals surface area contributed by atoms with Crippen LogP contribution in [0.2, 0.25) is 0 Å². The fourth-order valence-corrected chi connectivity index (χ4v) is 2.94. The van der Waals surface area contributed by atoms with Gasteiger partial charge in [0.25, 0.3) is 0 Å². The Morgan fingerprint density at radius 2 is 1.60 bits per heavy atom. The van der Waals surface area contributed by atoms with Gasteiger partial charge in [-0.1, -0.05) is 30.3 Å². The Labute approximate surface area is 145 Å². The summed E-state index contributed by atoms with van der Waals surface area (Å²) in [6.45, 7) is 2.83. The monoisotopic (exact) mass is 336 g/mol. The van der Waals surface area contributed by atoms with Crippen molar-refractivity contribution in [2.75, 3.05) is 36.0 Å². The summed E-state index contributed by atoms with van der Waals surface area (Å²) in [6, 6.07) is 13.9. The average molecular weight is 336 g/mol. The van der Waals surface area contributed by atoms with Gasteiger partial charge in [-0.3, -0.25) is 0 Å². The number of piperazine rings is 1. The Bertz CT molecular complexity index is 832. The van der Waals surface area contributed by atoms with Gasteiger partial charge in [0, 0.05) is 31.7 Å². The van der Waals surface area contributed by atoms with E-state index in [-0.39, 0.29) is 5.82 Å². The number of halogens is 1. The first-order valence-electron chi connectivity index (χ1n) is 8.16. The molecule has 0 atom stereocenters. The number of hydrogen-bond donors (Lipinski definition) is 0. The Morgan fingerprint density at radius 3 is 2.28 bits per heavy atom. The molecule has 0 unspecified atom stereocenters. The second kappa shape index (κ2) is 6.80. The van der Waals surface area contributed by atoms with Crippen LogP contribution in [0.1, 0.15) is 0 Å². The van der Waals surface area contributed by atoms with Crippen molar-refractivity contribution in [3.8, 4) is 11.3 Å². The van der Waals surface area contributed by atoms with Gasteiger partial charge < -0.3 is 9.80 Å². The topological polar surface area (TPSA) is 58.0 Å². The number of hydrogen-bond acceptors (Lipinski definition) is 6. The SMILES string of the molecule is Fc1cncnc1N1CCN(c2ccc(-c3ccccc3)nn2)CC1. The molecule has 1 aromatic carbocycles. The minimum absolute atomic E-state index is 0.361. The smallest absolute Gasteiger partial charge is 0.183 e. The molecule has 4 rings (SSSR count). The van der Waals surface area contributed by atoms with E-state index in [0.717, 1.165) is 30.2 Å². The number of nitrogens with zero attached hydrogens (tertiary/aromatic N) is 6. The van der Waals surface area contributed by atoms with E-state index < -0.39 is 0 Å². The van der Waals surface area contributed by atoms with E-state index in [0.29, 0.717) is 18.9 Å². The predicted octanol–water partition coefficient (Wildman–Crippen LogP) is 2.40. The second-order valence-corrected chi connectivity index (χ2v) is 5.81. The molecule has 0 radical (unpaired) electrons. The number of anilines is 2. The van der Waals surface area contributed by atoms with E-state index in [9.17, 15) is 4.39 Å². The molecule has 0 aliphatic carbocycles. The molecule has 0 saturated carbocycles. The molecule has 1 aliphatic rings. The van der Waals surface area contributed by atoms with Crippen molar-refractivity contribution < 1.29 is 4.39 Å². The van der Waals surface area contributed by atoms with E-state index in [1.54, 1.807) is 0 Å². The highest BCUT2D eigenvalue weighted by molar-refractivity contribution is 5.59. The van der Waals surface area contributed by atoms with E-state index in [1.807, 2.05) is 47.4 Å². The Balaban J connectivity index is 1.43. The van der Waals surface area contributed by atoms with Gasteiger partial charge in [0.2, 0.25) is 0 Å². The van der Waals surface area contributed by atoms with E-state index in [4.69, 9.17) is 0 Å². The van der Waals surface area contributed by atoms with E-state index in [2.05, 4.69) is 25.1 Å². The molecule has 2 aromatic heterocycles. The molecule has 3 aromatic rings. The third kappa shape index (κ3) is 3.26. The van der Waals surface area contributed by atoms with Crippen molar-refractivity contribution in [1.82, 2.24) is 20.2 Å². The summed E-state index contributed by atoms with van der Waals surface area (Å²) in [5.74, 6) is 0.811. The van der Waals surface area contributed by atoms with Crippen molar-refractivity contribution in [2.45, 2.75) is 0 Å². The maximum absolute atomic E-state index is 13.8. The number of benzene rings is 1. The van der Waals surface area contributed by atoms with E-state index in [1.165, 1.54) is 12.5 Å². The first kappa shape index (κ1) is 15.4. The van der Waals surface area contributed by atoms with Crippen molar-refractivity contribution >= 4 is 11.6 Å². The van der Waals surface area contributed by atoms with Crippen LogP contribution in [0, 0.1) is 5.82 Å². The second-order valence-electron chi connectivity index (χ2n) is 5.81. The van der Waals surface area contributed by atoms with E-state index >= 15 is 0 Å². The molecule has 0 spiro atoms. The molecule has 6 nitrogen and oxygen atoms in total. The lowest BCUT2D eigenvalue weighted by atomic mass is 10.1. The van der Waals surface area contributed by atoms with Crippen molar-refractivity contribution in [2.24, 2.45) is 0 Å². The largest absolute Gasteiger partial charge is 0.352 e. The average Bonchev–Trinajstić information content (AvgIpc) is 2.69. The molecule has 0 bridgehead atoms. The van der Waals surface area contributed by atoms with Crippen LogP contribution in [0.15, 0.2) is 55.0 Å². The van der Waals surface area contributed by atoms with Gasteiger partial charge >= 0.3 is 0 Å². The number of rotatable bonds is 3. The molecule has 0 N–H and O–H groups in total. The summed E-state index contributed by atoms with van der Waals surface area (Å²) in [5, 5.41) is 8.68. The highest BCUT2D eigenvalue weighted by Crippen LogP contribution is 2.21. The normalized spacial score (nSPS) is 14.6. The summed E-state index contributed by atoms with van der Waals surface area (Å²) in [7, 11) is 0. The van der Waals surface area contributed by atoms with Crippen LogP contribution in [0.3, 0.4) is 0 Å². The van der Waals surface area contributed by atoms with Crippen LogP contribution in [0.5, 0.6) is 0 Å². The molecule has 126 valence electrons. The van der Waals surface area contributed by atoms with Crippen LogP contribution in [-0.4, -0.2) is 46.3 Å². The van der Waals surface area contributed by atoms with Crippen LogP contribution < -0.4 is 9.80 Å². The Hall–Kier alpha value is -3.09.